The highest BCUT2D eigenvalue weighted by Crippen LogP contribution is 2.30. The topological polar surface area (TPSA) is 106 Å². The van der Waals surface area contributed by atoms with Gasteiger partial charge in [-0.1, -0.05) is 12.1 Å². The highest BCUT2D eigenvalue weighted by atomic mass is 16.1. The van der Waals surface area contributed by atoms with Gasteiger partial charge in [-0.05, 0) is 49.6 Å². The largest absolute Gasteiger partial charge is 0.399 e. The van der Waals surface area contributed by atoms with Crippen LogP contribution in [0.1, 0.15) is 24.1 Å². The third-order valence-corrected chi connectivity index (χ3v) is 4.29. The van der Waals surface area contributed by atoms with E-state index in [9.17, 15) is 4.79 Å². The van der Waals surface area contributed by atoms with E-state index in [1.165, 1.54) is 0 Å². The molecule has 1 aromatic carbocycles. The van der Waals surface area contributed by atoms with E-state index in [2.05, 4.69) is 10.3 Å². The molecule has 134 valence electrons. The van der Waals surface area contributed by atoms with Crippen molar-refractivity contribution in [3.8, 4) is 11.3 Å². The number of benzene rings is 1. The van der Waals surface area contributed by atoms with Gasteiger partial charge in [0, 0.05) is 30.3 Å². The minimum atomic E-state index is -0.147. The summed E-state index contributed by atoms with van der Waals surface area (Å²) in [5.41, 5.74) is 16.8. The van der Waals surface area contributed by atoms with Gasteiger partial charge in [-0.3, -0.25) is 4.79 Å². The number of pyridine rings is 1. The van der Waals surface area contributed by atoms with Gasteiger partial charge in [0.05, 0.1) is 17.1 Å². The van der Waals surface area contributed by atoms with E-state index in [-0.39, 0.29) is 17.7 Å². The van der Waals surface area contributed by atoms with E-state index in [0.717, 1.165) is 29.7 Å². The molecule has 6 heteroatoms. The fourth-order valence-corrected chi connectivity index (χ4v) is 2.65. The number of aromatic nitrogens is 1. The SMILES string of the molecule is CN/C(=C\C(N)=NC(=O)C1CC1)c1cccc(-c2cc(N)ccc2C)n1. The fraction of sp³-hybridized carbons (Fsp3) is 0.250. The van der Waals surface area contributed by atoms with Gasteiger partial charge in [0.15, 0.2) is 0 Å². The van der Waals surface area contributed by atoms with E-state index in [1.54, 1.807) is 13.1 Å². The zero-order valence-electron chi connectivity index (χ0n) is 15.0. The van der Waals surface area contributed by atoms with Crippen LogP contribution in [0.5, 0.6) is 0 Å². The molecule has 1 fully saturated rings. The number of carbonyl (C=O) groups excluding carboxylic acids is 1. The second-order valence-corrected chi connectivity index (χ2v) is 6.44. The minimum absolute atomic E-state index is 0.0490. The first kappa shape index (κ1) is 17.7. The van der Waals surface area contributed by atoms with Crippen LogP contribution in [0.4, 0.5) is 5.69 Å². The van der Waals surface area contributed by atoms with Crippen LogP contribution in [0.15, 0.2) is 47.5 Å². The number of rotatable bonds is 5. The lowest BCUT2D eigenvalue weighted by atomic mass is 10.0. The number of nitrogens with two attached hydrogens (primary N) is 2. The molecule has 0 unspecified atom stereocenters. The molecule has 0 radical (unpaired) electrons. The zero-order chi connectivity index (χ0) is 18.7. The number of nitrogens with one attached hydrogen (secondary N) is 1. The fourth-order valence-electron chi connectivity index (χ4n) is 2.65. The number of aryl methyl sites for hydroxylation is 1. The first-order valence-electron chi connectivity index (χ1n) is 8.59. The van der Waals surface area contributed by atoms with E-state index < -0.39 is 0 Å². The number of hydrogen-bond donors (Lipinski definition) is 3. The maximum absolute atomic E-state index is 11.8. The van der Waals surface area contributed by atoms with Crippen LogP contribution in [-0.4, -0.2) is 23.8 Å². The Morgan fingerprint density at radius 2 is 2.08 bits per heavy atom. The van der Waals surface area contributed by atoms with Crippen LogP contribution >= 0.6 is 0 Å². The van der Waals surface area contributed by atoms with Gasteiger partial charge in [-0.25, -0.2) is 4.98 Å². The van der Waals surface area contributed by atoms with Crippen molar-refractivity contribution in [3.63, 3.8) is 0 Å². The summed E-state index contributed by atoms with van der Waals surface area (Å²) in [4.78, 5) is 20.5. The highest BCUT2D eigenvalue weighted by molar-refractivity contribution is 6.04. The predicted molar refractivity (Wildman–Crippen MR) is 105 cm³/mol. The quantitative estimate of drug-likeness (QED) is 0.437. The standard InChI is InChI=1S/C20H23N5O/c1-12-6-9-14(21)10-15(12)16-4-3-5-17(24-16)18(23-2)11-19(22)25-20(26)13-7-8-13/h3-6,9-11,13,23H,7-8,21H2,1-2H3,(H2,22,25,26)/b18-11-. The van der Waals surface area contributed by atoms with E-state index >= 15 is 0 Å². The maximum Gasteiger partial charge on any atom is 0.250 e. The Morgan fingerprint density at radius 3 is 2.77 bits per heavy atom. The first-order valence-corrected chi connectivity index (χ1v) is 8.59. The van der Waals surface area contributed by atoms with Gasteiger partial charge in [0.2, 0.25) is 0 Å². The Kier molecular flexibility index (Phi) is 5.02. The molecule has 1 saturated carbocycles. The van der Waals surface area contributed by atoms with Gasteiger partial charge < -0.3 is 16.8 Å². The van der Waals surface area contributed by atoms with Crippen molar-refractivity contribution in [2.75, 3.05) is 12.8 Å². The number of nitrogens with zero attached hydrogens (tertiary/aromatic N) is 2. The molecule has 1 amide bonds. The Labute approximate surface area is 153 Å². The van der Waals surface area contributed by atoms with Gasteiger partial charge in [0.25, 0.3) is 5.91 Å². The molecule has 5 N–H and O–H groups in total. The Balaban J connectivity index is 1.93. The summed E-state index contributed by atoms with van der Waals surface area (Å²) in [5.74, 6) is 0.0813. The summed E-state index contributed by atoms with van der Waals surface area (Å²) in [6, 6.07) is 11.5. The molecule has 26 heavy (non-hydrogen) atoms. The zero-order valence-corrected chi connectivity index (χ0v) is 15.0. The molecule has 1 heterocycles. The lowest BCUT2D eigenvalue weighted by Gasteiger charge is -2.11. The highest BCUT2D eigenvalue weighted by Gasteiger charge is 2.29. The molecule has 1 aromatic heterocycles. The molecular formula is C20H23N5O. The maximum atomic E-state index is 11.8. The van der Waals surface area contributed by atoms with Crippen LogP contribution in [-0.2, 0) is 4.79 Å². The summed E-state index contributed by atoms with van der Waals surface area (Å²) in [6.45, 7) is 2.02. The van der Waals surface area contributed by atoms with Crippen LogP contribution in [0, 0.1) is 12.8 Å². The number of nitrogen functional groups attached to an aromatic ring is 1. The van der Waals surface area contributed by atoms with Crippen molar-refractivity contribution in [1.29, 1.82) is 0 Å². The number of amidine groups is 1. The van der Waals surface area contributed by atoms with Crippen molar-refractivity contribution in [2.45, 2.75) is 19.8 Å². The van der Waals surface area contributed by atoms with E-state index in [1.807, 2.05) is 43.3 Å². The molecule has 2 aromatic rings. The smallest absolute Gasteiger partial charge is 0.250 e. The summed E-state index contributed by atoms with van der Waals surface area (Å²) in [7, 11) is 1.78. The number of aliphatic imine (C=N–C) groups is 1. The number of amides is 1. The number of carbonyl (C=O) groups is 1. The van der Waals surface area contributed by atoms with Crippen molar-refractivity contribution in [2.24, 2.45) is 16.6 Å². The molecule has 0 spiro atoms. The van der Waals surface area contributed by atoms with Crippen LogP contribution in [0.2, 0.25) is 0 Å². The molecule has 6 nitrogen and oxygen atoms in total. The number of anilines is 1. The predicted octanol–water partition coefficient (Wildman–Crippen LogP) is 2.49. The van der Waals surface area contributed by atoms with Gasteiger partial charge >= 0.3 is 0 Å². The lowest BCUT2D eigenvalue weighted by molar-refractivity contribution is -0.118. The summed E-state index contributed by atoms with van der Waals surface area (Å²) >= 11 is 0. The molecule has 0 aliphatic heterocycles. The molecule has 3 rings (SSSR count). The van der Waals surface area contributed by atoms with Crippen molar-refractivity contribution in [1.82, 2.24) is 10.3 Å². The Morgan fingerprint density at radius 1 is 1.31 bits per heavy atom. The normalized spacial score (nSPS) is 15.0. The number of hydrogen-bond acceptors (Lipinski definition) is 4. The Hall–Kier alpha value is -3.15. The molecule has 0 saturated heterocycles. The van der Waals surface area contributed by atoms with Gasteiger partial charge in [-0.2, -0.15) is 4.99 Å². The van der Waals surface area contributed by atoms with E-state index in [0.29, 0.717) is 17.1 Å². The van der Waals surface area contributed by atoms with Crippen molar-refractivity contribution < 1.29 is 4.79 Å². The molecular weight excluding hydrogens is 326 g/mol. The minimum Gasteiger partial charge on any atom is -0.399 e. The summed E-state index contributed by atoms with van der Waals surface area (Å²) in [6.07, 6.45) is 3.45. The van der Waals surface area contributed by atoms with Crippen molar-refractivity contribution in [3.05, 3.63) is 53.7 Å². The van der Waals surface area contributed by atoms with Crippen molar-refractivity contribution >= 4 is 23.1 Å². The average molecular weight is 349 g/mol. The van der Waals surface area contributed by atoms with Gasteiger partial charge in [0.1, 0.15) is 5.84 Å². The third-order valence-electron chi connectivity index (χ3n) is 4.29. The summed E-state index contributed by atoms with van der Waals surface area (Å²) in [5, 5.41) is 3.07. The molecule has 0 bridgehead atoms. The Bertz CT molecular complexity index is 897. The van der Waals surface area contributed by atoms with Crippen LogP contribution < -0.4 is 16.8 Å². The van der Waals surface area contributed by atoms with E-state index in [4.69, 9.17) is 16.5 Å². The molecule has 0 atom stereocenters. The average Bonchev–Trinajstić information content (AvgIpc) is 3.47. The first-order chi connectivity index (χ1) is 12.5. The lowest BCUT2D eigenvalue weighted by Crippen LogP contribution is -2.16. The van der Waals surface area contributed by atoms with Gasteiger partial charge in [-0.15, -0.1) is 0 Å². The monoisotopic (exact) mass is 349 g/mol. The second kappa shape index (κ2) is 7.39. The second-order valence-electron chi connectivity index (χ2n) is 6.44. The third kappa shape index (κ3) is 4.08. The summed E-state index contributed by atoms with van der Waals surface area (Å²) < 4.78 is 0. The molecule has 1 aliphatic rings. The van der Waals surface area contributed by atoms with Crippen LogP contribution in [0.25, 0.3) is 17.0 Å². The molecule has 1 aliphatic carbocycles. The van der Waals surface area contributed by atoms with Crippen LogP contribution in [0.3, 0.4) is 0 Å².